The lowest BCUT2D eigenvalue weighted by Gasteiger charge is -2.32. The number of benzene rings is 2. The number of hydrogen-bond acceptors (Lipinski definition) is 2. The molecule has 1 unspecified atom stereocenters. The number of hydrogen-bond donors (Lipinski definition) is 1. The van der Waals surface area contributed by atoms with E-state index in [2.05, 4.69) is 5.32 Å². The van der Waals surface area contributed by atoms with Gasteiger partial charge in [0.2, 0.25) is 11.8 Å². The average molecular weight is 381 g/mol. The number of nitrogens with one attached hydrogen (secondary N) is 1. The van der Waals surface area contributed by atoms with Gasteiger partial charge in [-0.15, -0.1) is 0 Å². The first-order valence-corrected chi connectivity index (χ1v) is 10.1. The number of carbonyl (C=O) groups excluding carboxylic acids is 2. The summed E-state index contributed by atoms with van der Waals surface area (Å²) in [7, 11) is 0. The van der Waals surface area contributed by atoms with Crippen molar-refractivity contribution in [2.45, 2.75) is 65.6 Å². The summed E-state index contributed by atoms with van der Waals surface area (Å²) in [6.07, 6.45) is 1.69. The molecule has 0 fully saturated rings. The highest BCUT2D eigenvalue weighted by Crippen LogP contribution is 2.18. The number of carbonyl (C=O) groups is 2. The van der Waals surface area contributed by atoms with Gasteiger partial charge in [-0.3, -0.25) is 9.59 Å². The van der Waals surface area contributed by atoms with E-state index < -0.39 is 6.04 Å². The third kappa shape index (κ3) is 6.22. The second-order valence-corrected chi connectivity index (χ2v) is 7.57. The predicted molar refractivity (Wildman–Crippen MR) is 114 cm³/mol. The molecule has 0 radical (unpaired) electrons. The number of rotatable bonds is 9. The van der Waals surface area contributed by atoms with Crippen molar-refractivity contribution in [3.05, 3.63) is 71.3 Å². The third-order valence-corrected chi connectivity index (χ3v) is 4.77. The van der Waals surface area contributed by atoms with Crippen LogP contribution in [0.2, 0.25) is 0 Å². The van der Waals surface area contributed by atoms with Crippen LogP contribution in [0.25, 0.3) is 0 Å². The van der Waals surface area contributed by atoms with Crippen molar-refractivity contribution in [1.82, 2.24) is 10.2 Å². The lowest BCUT2D eigenvalue weighted by Crippen LogP contribution is -2.51. The van der Waals surface area contributed by atoms with Crippen LogP contribution in [-0.2, 0) is 22.6 Å². The Labute approximate surface area is 169 Å². The molecule has 0 heterocycles. The molecule has 28 heavy (non-hydrogen) atoms. The first kappa shape index (κ1) is 21.7. The molecule has 1 atom stereocenters. The molecule has 0 saturated carbocycles. The maximum absolute atomic E-state index is 13.1. The predicted octanol–water partition coefficient (Wildman–Crippen LogP) is 4.26. The molecular weight excluding hydrogens is 348 g/mol. The summed E-state index contributed by atoms with van der Waals surface area (Å²) in [5, 5.41) is 3.01. The van der Waals surface area contributed by atoms with Gasteiger partial charge in [-0.05, 0) is 43.9 Å². The highest BCUT2D eigenvalue weighted by Gasteiger charge is 2.30. The van der Waals surface area contributed by atoms with Gasteiger partial charge in [-0.25, -0.2) is 0 Å². The van der Waals surface area contributed by atoms with E-state index in [9.17, 15) is 9.59 Å². The van der Waals surface area contributed by atoms with Gasteiger partial charge in [-0.2, -0.15) is 0 Å². The highest BCUT2D eigenvalue weighted by atomic mass is 16.2. The van der Waals surface area contributed by atoms with E-state index in [-0.39, 0.29) is 17.9 Å². The van der Waals surface area contributed by atoms with Gasteiger partial charge in [0.05, 0.1) is 0 Å². The highest BCUT2D eigenvalue weighted by molar-refractivity contribution is 5.88. The largest absolute Gasteiger partial charge is 0.352 e. The Morgan fingerprint density at radius 1 is 1.00 bits per heavy atom. The Bertz CT molecular complexity index is 771. The summed E-state index contributed by atoms with van der Waals surface area (Å²) in [6.45, 7) is 8.35. The van der Waals surface area contributed by atoms with Crippen molar-refractivity contribution in [2.75, 3.05) is 0 Å². The zero-order valence-corrected chi connectivity index (χ0v) is 17.4. The summed E-state index contributed by atoms with van der Waals surface area (Å²) in [5.74, 6) is -0.0810. The van der Waals surface area contributed by atoms with E-state index in [4.69, 9.17) is 0 Å². The van der Waals surface area contributed by atoms with Crippen LogP contribution >= 0.6 is 0 Å². The van der Waals surface area contributed by atoms with Gasteiger partial charge < -0.3 is 10.2 Å². The van der Waals surface area contributed by atoms with E-state index in [0.717, 1.165) is 23.1 Å². The lowest BCUT2D eigenvalue weighted by molar-refractivity contribution is -0.141. The molecule has 2 rings (SSSR count). The summed E-state index contributed by atoms with van der Waals surface area (Å²) in [5.41, 5.74) is 3.24. The van der Waals surface area contributed by atoms with Crippen LogP contribution in [0, 0.1) is 6.92 Å². The Morgan fingerprint density at radius 3 is 2.25 bits per heavy atom. The van der Waals surface area contributed by atoms with Gasteiger partial charge in [0.1, 0.15) is 6.04 Å². The van der Waals surface area contributed by atoms with E-state index in [0.29, 0.717) is 19.4 Å². The molecule has 4 heteroatoms. The van der Waals surface area contributed by atoms with Crippen LogP contribution in [0.15, 0.2) is 54.6 Å². The maximum Gasteiger partial charge on any atom is 0.243 e. The molecule has 0 aliphatic heterocycles. The Kier molecular flexibility index (Phi) is 8.24. The van der Waals surface area contributed by atoms with Crippen molar-refractivity contribution < 1.29 is 9.59 Å². The molecule has 0 aromatic heterocycles. The molecule has 0 saturated heterocycles. The summed E-state index contributed by atoms with van der Waals surface area (Å²) in [4.78, 5) is 27.9. The Hall–Kier alpha value is -2.62. The fourth-order valence-corrected chi connectivity index (χ4v) is 3.26. The molecular formula is C24H32N2O2. The summed E-state index contributed by atoms with van der Waals surface area (Å²) in [6, 6.07) is 17.4. The minimum absolute atomic E-state index is 0.0191. The first-order valence-electron chi connectivity index (χ1n) is 10.1. The van der Waals surface area contributed by atoms with Gasteiger partial charge in [-0.1, -0.05) is 61.5 Å². The fraction of sp³-hybridized carbons (Fsp3) is 0.417. The number of amides is 2. The standard InChI is InChI=1S/C24H32N2O2/c1-5-11-23(27)26(17-21-15-10-9-12-19(21)4)22(24(28)25-18(2)3)16-20-13-7-6-8-14-20/h6-10,12-15,18,22H,5,11,16-17H2,1-4H3,(H,25,28). The van der Waals surface area contributed by atoms with E-state index in [1.165, 1.54) is 0 Å². The van der Waals surface area contributed by atoms with Crippen LogP contribution in [0.3, 0.4) is 0 Å². The van der Waals surface area contributed by atoms with Gasteiger partial charge in [0.25, 0.3) is 0 Å². The Morgan fingerprint density at radius 2 is 1.64 bits per heavy atom. The van der Waals surface area contributed by atoms with Crippen LogP contribution < -0.4 is 5.32 Å². The number of aryl methyl sites for hydroxylation is 1. The lowest BCUT2D eigenvalue weighted by atomic mass is 10.0. The van der Waals surface area contributed by atoms with Crippen LogP contribution in [0.5, 0.6) is 0 Å². The molecule has 4 nitrogen and oxygen atoms in total. The van der Waals surface area contributed by atoms with Crippen molar-refractivity contribution in [2.24, 2.45) is 0 Å². The molecule has 0 aliphatic carbocycles. The average Bonchev–Trinajstić information content (AvgIpc) is 2.66. The molecule has 2 amide bonds. The van der Waals surface area contributed by atoms with Gasteiger partial charge in [0, 0.05) is 25.4 Å². The Balaban J connectivity index is 2.39. The fourth-order valence-electron chi connectivity index (χ4n) is 3.26. The van der Waals surface area contributed by atoms with E-state index in [1.807, 2.05) is 82.3 Å². The maximum atomic E-state index is 13.1. The van der Waals surface area contributed by atoms with Crippen LogP contribution in [0.4, 0.5) is 0 Å². The monoisotopic (exact) mass is 380 g/mol. The molecule has 150 valence electrons. The second-order valence-electron chi connectivity index (χ2n) is 7.57. The van der Waals surface area contributed by atoms with E-state index in [1.54, 1.807) is 4.90 Å². The SMILES string of the molecule is CCCC(=O)N(Cc1ccccc1C)C(Cc1ccccc1)C(=O)NC(C)C. The molecule has 2 aromatic rings. The number of nitrogens with zero attached hydrogens (tertiary/aromatic N) is 1. The minimum Gasteiger partial charge on any atom is -0.352 e. The van der Waals surface area contributed by atoms with E-state index >= 15 is 0 Å². The molecule has 2 aromatic carbocycles. The zero-order chi connectivity index (χ0) is 20.5. The van der Waals surface area contributed by atoms with Crippen molar-refractivity contribution in [3.8, 4) is 0 Å². The molecule has 0 bridgehead atoms. The van der Waals surface area contributed by atoms with Crippen LogP contribution in [0.1, 0.15) is 50.3 Å². The van der Waals surface area contributed by atoms with Crippen molar-refractivity contribution in [1.29, 1.82) is 0 Å². The quantitative estimate of drug-likeness (QED) is 0.707. The van der Waals surface area contributed by atoms with Crippen LogP contribution in [-0.4, -0.2) is 28.8 Å². The van der Waals surface area contributed by atoms with Gasteiger partial charge in [0.15, 0.2) is 0 Å². The minimum atomic E-state index is -0.538. The topological polar surface area (TPSA) is 49.4 Å². The van der Waals surface area contributed by atoms with Gasteiger partial charge >= 0.3 is 0 Å². The summed E-state index contributed by atoms with van der Waals surface area (Å²) < 4.78 is 0. The van der Waals surface area contributed by atoms with Crippen molar-refractivity contribution >= 4 is 11.8 Å². The normalized spacial score (nSPS) is 11.9. The molecule has 0 aliphatic rings. The molecule has 1 N–H and O–H groups in total. The second kappa shape index (κ2) is 10.6. The molecule has 0 spiro atoms. The van der Waals surface area contributed by atoms with Crippen molar-refractivity contribution in [3.63, 3.8) is 0 Å². The third-order valence-electron chi connectivity index (χ3n) is 4.77. The smallest absolute Gasteiger partial charge is 0.243 e. The zero-order valence-electron chi connectivity index (χ0n) is 17.4. The summed E-state index contributed by atoms with van der Waals surface area (Å²) >= 11 is 0. The first-order chi connectivity index (χ1) is 13.4.